The fourth-order valence-electron chi connectivity index (χ4n) is 4.37. The molecule has 2 aliphatic carbocycles. The number of benzene rings is 2. The molecule has 0 aliphatic heterocycles. The Bertz CT molecular complexity index is 1430. The Hall–Kier alpha value is -4.33. The quantitative estimate of drug-likeness (QED) is 0.111. The number of oxime groups is 3. The van der Waals surface area contributed by atoms with Crippen LogP contribution in [0.2, 0.25) is 0 Å². The van der Waals surface area contributed by atoms with Crippen LogP contribution in [0.1, 0.15) is 60.9 Å². The van der Waals surface area contributed by atoms with E-state index in [0.29, 0.717) is 23.0 Å². The van der Waals surface area contributed by atoms with Gasteiger partial charge >= 0.3 is 0 Å². The van der Waals surface area contributed by atoms with E-state index in [0.717, 1.165) is 59.2 Å². The second kappa shape index (κ2) is 15.1. The van der Waals surface area contributed by atoms with Crippen LogP contribution in [-0.2, 0) is 22.3 Å². The molecule has 1 heterocycles. The first-order chi connectivity index (χ1) is 19.6. The van der Waals surface area contributed by atoms with Crippen LogP contribution in [0.5, 0.6) is 0 Å². The Kier molecular flexibility index (Phi) is 12.1. The van der Waals surface area contributed by atoms with Crippen LogP contribution in [0, 0.1) is 6.92 Å². The fraction of sp³-hybridized carbons (Fsp3) is 0.414. The van der Waals surface area contributed by atoms with Gasteiger partial charge in [-0.3, -0.25) is 4.90 Å². The number of amidine groups is 1. The number of hydrogen-bond acceptors (Lipinski definition) is 12. The highest BCUT2D eigenvalue weighted by molar-refractivity contribution is 6.06. The standard InChI is InChI=1S/C12H11N3O2.C10H11N3O2.C6H15NO2.CH4/c1-7-13-12(15-17-7)9-2-4-10-8(6-9)3-5-11(10)14-16;11-10(13-15)7-1-3-8-6(5-7)2-4-9(8)12-14;1-6(8-4,9-5)7(2)3;/h2,4,6,16H,3,5H2,1H3;1,3,5,14-15H,2,4H2,(H2,11,13);1-5H3;1H4/b14-11+;12-9+;;. The van der Waals surface area contributed by atoms with Crippen molar-refractivity contribution in [1.29, 1.82) is 0 Å². The molecule has 0 amide bonds. The molecule has 3 aromatic rings. The number of aryl methyl sites for hydroxylation is 3. The van der Waals surface area contributed by atoms with E-state index in [1.807, 2.05) is 56.3 Å². The van der Waals surface area contributed by atoms with E-state index < -0.39 is 5.91 Å². The van der Waals surface area contributed by atoms with E-state index in [9.17, 15) is 0 Å². The molecule has 0 atom stereocenters. The van der Waals surface area contributed by atoms with Gasteiger partial charge in [-0.05, 0) is 63.0 Å². The van der Waals surface area contributed by atoms with Crippen molar-refractivity contribution >= 4 is 17.3 Å². The lowest BCUT2D eigenvalue weighted by Crippen LogP contribution is -2.44. The SMILES string of the molecule is C.COC(C)(OC)N(C)C.Cc1nc(-c2ccc3c(c2)CC/C3=N\O)no1.NC(=NO)c1ccc2c(c1)CC/C2=N\O. The van der Waals surface area contributed by atoms with Crippen molar-refractivity contribution in [3.8, 4) is 11.4 Å². The number of nitrogens with zero attached hydrogens (tertiary/aromatic N) is 6. The summed E-state index contributed by atoms with van der Waals surface area (Å²) in [6, 6.07) is 11.3. The molecule has 228 valence electrons. The lowest BCUT2D eigenvalue weighted by atomic mass is 10.1. The van der Waals surface area contributed by atoms with Gasteiger partial charge in [-0.25, -0.2) is 0 Å². The van der Waals surface area contributed by atoms with Crippen molar-refractivity contribution in [2.24, 2.45) is 21.2 Å². The van der Waals surface area contributed by atoms with Crippen molar-refractivity contribution in [2.45, 2.75) is 52.9 Å². The van der Waals surface area contributed by atoms with Gasteiger partial charge in [0.1, 0.15) is 0 Å². The van der Waals surface area contributed by atoms with Crippen LogP contribution in [0.4, 0.5) is 0 Å². The molecule has 13 nitrogen and oxygen atoms in total. The highest BCUT2D eigenvalue weighted by atomic mass is 16.7. The summed E-state index contributed by atoms with van der Waals surface area (Å²) in [5, 5.41) is 39.5. The number of nitrogens with two attached hydrogens (primary N) is 1. The Morgan fingerprint density at radius 1 is 0.929 bits per heavy atom. The van der Waals surface area contributed by atoms with Crippen LogP contribution >= 0.6 is 0 Å². The van der Waals surface area contributed by atoms with Crippen molar-refractivity contribution in [3.05, 3.63) is 70.1 Å². The zero-order valence-electron chi connectivity index (χ0n) is 24.1. The third-order valence-corrected chi connectivity index (χ3v) is 7.10. The normalized spacial score (nSPS) is 15.8. The number of aromatic nitrogens is 2. The third kappa shape index (κ3) is 7.69. The maximum Gasteiger partial charge on any atom is 0.225 e. The summed E-state index contributed by atoms with van der Waals surface area (Å²) in [6.07, 6.45) is 3.21. The molecule has 0 radical (unpaired) electrons. The van der Waals surface area contributed by atoms with Gasteiger partial charge in [0.05, 0.1) is 11.4 Å². The average molecular weight is 584 g/mol. The van der Waals surface area contributed by atoms with Crippen LogP contribution in [0.3, 0.4) is 0 Å². The predicted molar refractivity (Wildman–Crippen MR) is 160 cm³/mol. The summed E-state index contributed by atoms with van der Waals surface area (Å²) in [7, 11) is 7.02. The second-order valence-electron chi connectivity index (χ2n) is 9.66. The topological polar surface area (TPSA) is 184 Å². The molecule has 1 aromatic heterocycles. The molecule has 42 heavy (non-hydrogen) atoms. The molecule has 2 aromatic carbocycles. The first kappa shape index (κ1) is 33.9. The minimum Gasteiger partial charge on any atom is -0.411 e. The second-order valence-corrected chi connectivity index (χ2v) is 9.66. The molecule has 5 rings (SSSR count). The Balaban J connectivity index is 0.000000229. The van der Waals surface area contributed by atoms with Gasteiger partial charge in [-0.2, -0.15) is 4.98 Å². The Morgan fingerprint density at radius 3 is 1.90 bits per heavy atom. The third-order valence-electron chi connectivity index (χ3n) is 7.10. The minimum absolute atomic E-state index is 0. The zero-order chi connectivity index (χ0) is 30.2. The van der Waals surface area contributed by atoms with Gasteiger partial charge in [0.2, 0.25) is 17.6 Å². The maximum absolute atomic E-state index is 8.85. The Morgan fingerprint density at radius 2 is 1.48 bits per heavy atom. The molecule has 0 bridgehead atoms. The molecular formula is C29H41N7O6. The summed E-state index contributed by atoms with van der Waals surface area (Å²) in [5.41, 5.74) is 12.7. The van der Waals surface area contributed by atoms with E-state index in [2.05, 4.69) is 25.6 Å². The summed E-state index contributed by atoms with van der Waals surface area (Å²) in [5.74, 6) is 0.657. The minimum atomic E-state index is -0.583. The smallest absolute Gasteiger partial charge is 0.225 e. The van der Waals surface area contributed by atoms with Crippen LogP contribution in [-0.4, -0.2) is 82.1 Å². The van der Waals surface area contributed by atoms with E-state index >= 15 is 0 Å². The monoisotopic (exact) mass is 583 g/mol. The number of hydrogen-bond donors (Lipinski definition) is 4. The molecule has 13 heteroatoms. The Labute approximate surface area is 245 Å². The van der Waals surface area contributed by atoms with E-state index in [1.165, 1.54) is 0 Å². The van der Waals surface area contributed by atoms with E-state index in [4.69, 9.17) is 35.4 Å². The summed E-state index contributed by atoms with van der Waals surface area (Å²) >= 11 is 0. The summed E-state index contributed by atoms with van der Waals surface area (Å²) in [4.78, 5) is 6.04. The van der Waals surface area contributed by atoms with Crippen molar-refractivity contribution in [1.82, 2.24) is 15.0 Å². The van der Waals surface area contributed by atoms with Crippen molar-refractivity contribution in [3.63, 3.8) is 0 Å². The fourth-order valence-corrected chi connectivity index (χ4v) is 4.37. The number of methoxy groups -OCH3 is 2. The molecule has 0 saturated carbocycles. The maximum atomic E-state index is 8.85. The van der Waals surface area contributed by atoms with Crippen molar-refractivity contribution in [2.75, 3.05) is 28.3 Å². The molecule has 0 saturated heterocycles. The first-order valence-electron chi connectivity index (χ1n) is 12.9. The van der Waals surface area contributed by atoms with Gasteiger partial charge in [0.25, 0.3) is 0 Å². The van der Waals surface area contributed by atoms with Crippen molar-refractivity contribution < 1.29 is 29.6 Å². The van der Waals surface area contributed by atoms with E-state index in [1.54, 1.807) is 27.2 Å². The summed E-state index contributed by atoms with van der Waals surface area (Å²) < 4.78 is 15.1. The van der Waals surface area contributed by atoms with Gasteiger partial charge < -0.3 is 35.4 Å². The largest absolute Gasteiger partial charge is 0.411 e. The molecule has 2 aliphatic rings. The van der Waals surface area contributed by atoms with Gasteiger partial charge in [0, 0.05) is 50.3 Å². The number of rotatable bonds is 5. The molecular weight excluding hydrogens is 542 g/mol. The molecule has 0 spiro atoms. The van der Waals surface area contributed by atoms with Crippen LogP contribution < -0.4 is 5.73 Å². The van der Waals surface area contributed by atoms with E-state index in [-0.39, 0.29) is 13.3 Å². The zero-order valence-corrected chi connectivity index (χ0v) is 24.1. The number of fused-ring (bicyclic) bond motifs is 2. The average Bonchev–Trinajstić information content (AvgIpc) is 3.73. The highest BCUT2D eigenvalue weighted by Gasteiger charge is 2.25. The lowest BCUT2D eigenvalue weighted by molar-refractivity contribution is -0.270. The molecule has 0 fully saturated rings. The molecule has 0 unspecified atom stereocenters. The molecule has 5 N–H and O–H groups in total. The first-order valence-corrected chi connectivity index (χ1v) is 12.9. The summed E-state index contributed by atoms with van der Waals surface area (Å²) in [6.45, 7) is 3.62. The van der Waals surface area contributed by atoms with Gasteiger partial charge in [0.15, 0.2) is 5.84 Å². The predicted octanol–water partition coefficient (Wildman–Crippen LogP) is 4.23. The lowest BCUT2D eigenvalue weighted by Gasteiger charge is -2.32. The number of ether oxygens (including phenoxy) is 2. The van der Waals surface area contributed by atoms with Gasteiger partial charge in [-0.15, -0.1) is 0 Å². The van der Waals surface area contributed by atoms with Crippen LogP contribution in [0.15, 0.2) is 56.4 Å². The van der Waals surface area contributed by atoms with Crippen LogP contribution in [0.25, 0.3) is 11.4 Å². The highest BCUT2D eigenvalue weighted by Crippen LogP contribution is 2.27. The van der Waals surface area contributed by atoms with Gasteiger partial charge in [-0.1, -0.05) is 52.3 Å².